The van der Waals surface area contributed by atoms with Gasteiger partial charge in [0.1, 0.15) is 0 Å². The normalized spacial score (nSPS) is 10.9. The summed E-state index contributed by atoms with van der Waals surface area (Å²) in [4.78, 5) is 3.04. The SMILES string of the molecule is c1ccc2[siH]c3ccccc3cc2c1. The van der Waals surface area contributed by atoms with Crippen molar-refractivity contribution in [1.29, 1.82) is 0 Å². The Morgan fingerprint density at radius 2 is 1.14 bits per heavy atom. The van der Waals surface area contributed by atoms with Crippen LogP contribution in [0, 0.1) is 0 Å². The number of hydrogen-bond acceptors (Lipinski definition) is 0. The molecule has 0 spiro atoms. The van der Waals surface area contributed by atoms with Crippen LogP contribution >= 0.6 is 0 Å². The Morgan fingerprint density at radius 1 is 0.643 bits per heavy atom. The van der Waals surface area contributed by atoms with Crippen molar-refractivity contribution in [2.24, 2.45) is 0 Å². The molecule has 0 unspecified atom stereocenters. The first kappa shape index (κ1) is 7.89. The number of hydrogen-bond donors (Lipinski definition) is 0. The summed E-state index contributed by atoms with van der Waals surface area (Å²) in [7, 11) is 0.293. The largest absolute Gasteiger partial charge is 0.0620 e. The summed E-state index contributed by atoms with van der Waals surface area (Å²) < 4.78 is 0. The van der Waals surface area contributed by atoms with Crippen LogP contribution in [0.3, 0.4) is 0 Å². The molecule has 0 aliphatic carbocycles. The van der Waals surface area contributed by atoms with Gasteiger partial charge in [0.05, 0.1) is 0 Å². The molecule has 1 heteroatoms. The van der Waals surface area contributed by atoms with E-state index in [0.717, 1.165) is 0 Å². The average Bonchev–Trinajstić information content (AvgIpc) is 2.26. The summed E-state index contributed by atoms with van der Waals surface area (Å²) in [5.41, 5.74) is 0. The highest BCUT2D eigenvalue weighted by atomic mass is 28.2. The van der Waals surface area contributed by atoms with Gasteiger partial charge in [-0.2, -0.15) is 0 Å². The molecule has 0 saturated carbocycles. The summed E-state index contributed by atoms with van der Waals surface area (Å²) in [5.74, 6) is 0. The van der Waals surface area contributed by atoms with Crippen molar-refractivity contribution in [2.75, 3.05) is 0 Å². The van der Waals surface area contributed by atoms with Gasteiger partial charge in [-0.25, -0.2) is 0 Å². The molecule has 0 N–H and O–H groups in total. The van der Waals surface area contributed by atoms with Gasteiger partial charge in [-0.3, -0.25) is 0 Å². The van der Waals surface area contributed by atoms with Crippen molar-refractivity contribution >= 4 is 29.9 Å². The van der Waals surface area contributed by atoms with Crippen LogP contribution in [0.5, 0.6) is 0 Å². The zero-order chi connectivity index (χ0) is 9.38. The van der Waals surface area contributed by atoms with Gasteiger partial charge in [-0.05, 0) is 26.8 Å². The first-order valence-electron chi connectivity index (χ1n) is 4.81. The zero-order valence-corrected chi connectivity index (χ0v) is 8.93. The molecular weight excluding hydrogens is 184 g/mol. The second-order valence-corrected chi connectivity index (χ2v) is 5.08. The molecule has 0 radical (unpaired) electrons. The topological polar surface area (TPSA) is 0 Å². The van der Waals surface area contributed by atoms with Crippen molar-refractivity contribution in [2.45, 2.75) is 0 Å². The fourth-order valence-electron chi connectivity index (χ4n) is 1.88. The molecule has 0 saturated heterocycles. The highest BCUT2D eigenvalue weighted by molar-refractivity contribution is 6.59. The van der Waals surface area contributed by atoms with Crippen molar-refractivity contribution in [1.82, 2.24) is 0 Å². The van der Waals surface area contributed by atoms with E-state index in [2.05, 4.69) is 54.6 Å². The lowest BCUT2D eigenvalue weighted by Crippen LogP contribution is -1.81. The van der Waals surface area contributed by atoms with E-state index in [-0.39, 0.29) is 0 Å². The molecule has 1 aromatic heterocycles. The lowest BCUT2D eigenvalue weighted by atomic mass is 10.2. The van der Waals surface area contributed by atoms with Crippen LogP contribution in [0.2, 0.25) is 0 Å². The standard InChI is InChI=1S/C13H10Si/c1-3-7-12-10(5-1)9-11-6-2-4-8-13(11)14-12/h1-9,14H. The second kappa shape index (κ2) is 3.03. The van der Waals surface area contributed by atoms with Crippen molar-refractivity contribution < 1.29 is 0 Å². The number of benzene rings is 2. The van der Waals surface area contributed by atoms with Crippen LogP contribution in [0.1, 0.15) is 0 Å². The first-order valence-corrected chi connectivity index (χ1v) is 5.96. The molecular formula is C13H10Si. The van der Waals surface area contributed by atoms with E-state index >= 15 is 0 Å². The summed E-state index contributed by atoms with van der Waals surface area (Å²) in [6, 6.07) is 19.7. The molecule has 0 fully saturated rings. The second-order valence-electron chi connectivity index (χ2n) is 3.55. The maximum atomic E-state index is 2.29. The van der Waals surface area contributed by atoms with E-state index in [0.29, 0.717) is 9.12 Å². The monoisotopic (exact) mass is 194 g/mol. The smallest absolute Gasteiger partial charge is 0.0401 e. The van der Waals surface area contributed by atoms with Crippen molar-refractivity contribution in [3.63, 3.8) is 0 Å². The minimum atomic E-state index is 0.293. The Kier molecular flexibility index (Phi) is 1.71. The van der Waals surface area contributed by atoms with Gasteiger partial charge < -0.3 is 0 Å². The van der Waals surface area contributed by atoms with Crippen molar-refractivity contribution in [3.8, 4) is 0 Å². The molecule has 0 aliphatic heterocycles. The minimum Gasteiger partial charge on any atom is -0.0620 e. The fourth-order valence-corrected chi connectivity index (χ4v) is 3.32. The van der Waals surface area contributed by atoms with Gasteiger partial charge >= 0.3 is 0 Å². The zero-order valence-electron chi connectivity index (χ0n) is 7.77. The third-order valence-electron chi connectivity index (χ3n) is 2.61. The lowest BCUT2D eigenvalue weighted by molar-refractivity contribution is 1.81. The van der Waals surface area contributed by atoms with Crippen LogP contribution in [0.4, 0.5) is 0 Å². The Bertz CT molecular complexity index is 494. The molecule has 3 rings (SSSR count). The van der Waals surface area contributed by atoms with E-state index in [1.807, 2.05) is 0 Å². The maximum Gasteiger partial charge on any atom is 0.0401 e. The van der Waals surface area contributed by atoms with Crippen LogP contribution in [-0.2, 0) is 0 Å². The van der Waals surface area contributed by atoms with Crippen LogP contribution in [0.15, 0.2) is 54.6 Å². The molecule has 0 nitrogen and oxygen atoms in total. The van der Waals surface area contributed by atoms with Crippen LogP contribution in [0.25, 0.3) is 20.8 Å². The molecule has 1 heterocycles. The molecule has 0 bridgehead atoms. The predicted octanol–water partition coefficient (Wildman–Crippen LogP) is 3.06. The van der Waals surface area contributed by atoms with E-state index in [1.54, 1.807) is 0 Å². The summed E-state index contributed by atoms with van der Waals surface area (Å²) in [5, 5.41) is 2.81. The molecule has 0 aliphatic rings. The summed E-state index contributed by atoms with van der Waals surface area (Å²) in [6.45, 7) is 0. The summed E-state index contributed by atoms with van der Waals surface area (Å²) >= 11 is 0. The van der Waals surface area contributed by atoms with Gasteiger partial charge in [0.15, 0.2) is 0 Å². The Balaban J connectivity index is 2.52. The van der Waals surface area contributed by atoms with Gasteiger partial charge in [0.25, 0.3) is 0 Å². The number of rotatable bonds is 0. The third-order valence-corrected chi connectivity index (χ3v) is 4.29. The van der Waals surface area contributed by atoms with Gasteiger partial charge in [0, 0.05) is 9.12 Å². The minimum absolute atomic E-state index is 0.293. The lowest BCUT2D eigenvalue weighted by Gasteiger charge is -2.00. The predicted molar refractivity (Wildman–Crippen MR) is 64.2 cm³/mol. The molecule has 14 heavy (non-hydrogen) atoms. The van der Waals surface area contributed by atoms with Gasteiger partial charge in [0.2, 0.25) is 0 Å². The Morgan fingerprint density at radius 3 is 1.71 bits per heavy atom. The molecule has 0 atom stereocenters. The maximum absolute atomic E-state index is 2.29. The Labute approximate surface area is 84.9 Å². The first-order chi connectivity index (χ1) is 6.93. The summed E-state index contributed by atoms with van der Waals surface area (Å²) in [6.07, 6.45) is 0. The number of fused-ring (bicyclic) bond motifs is 2. The van der Waals surface area contributed by atoms with Gasteiger partial charge in [-0.1, -0.05) is 48.5 Å². The molecule has 3 aromatic rings. The highest BCUT2D eigenvalue weighted by Crippen LogP contribution is 2.18. The fraction of sp³-hybridized carbons (Fsp3) is 0. The quantitative estimate of drug-likeness (QED) is 0.381. The van der Waals surface area contributed by atoms with E-state index < -0.39 is 0 Å². The van der Waals surface area contributed by atoms with E-state index in [4.69, 9.17) is 0 Å². The highest BCUT2D eigenvalue weighted by Gasteiger charge is 1.95. The van der Waals surface area contributed by atoms with Crippen LogP contribution in [-0.4, -0.2) is 9.12 Å². The molecule has 2 aromatic carbocycles. The van der Waals surface area contributed by atoms with Crippen molar-refractivity contribution in [3.05, 3.63) is 54.6 Å². The van der Waals surface area contributed by atoms with E-state index in [1.165, 1.54) is 20.8 Å². The average molecular weight is 194 g/mol. The van der Waals surface area contributed by atoms with E-state index in [9.17, 15) is 0 Å². The molecule has 0 amide bonds. The Hall–Kier alpha value is -1.47. The van der Waals surface area contributed by atoms with Crippen LogP contribution < -0.4 is 0 Å². The molecule has 66 valence electrons. The third kappa shape index (κ3) is 1.17. The van der Waals surface area contributed by atoms with Gasteiger partial charge in [-0.15, -0.1) is 0 Å².